The van der Waals surface area contributed by atoms with Crippen molar-refractivity contribution < 1.29 is 4.74 Å². The maximum absolute atomic E-state index is 5.83. The van der Waals surface area contributed by atoms with Gasteiger partial charge in [-0.15, -0.1) is 0 Å². The molecule has 0 fully saturated rings. The summed E-state index contributed by atoms with van der Waals surface area (Å²) in [6.07, 6.45) is 11.8. The number of aryl methyl sites for hydroxylation is 1. The molecule has 0 spiro atoms. The smallest absolute Gasteiger partial charge is 0.119 e. The Balaban J connectivity index is 1.60. The number of ether oxygens (including phenoxy) is 1. The molecule has 1 heterocycles. The van der Waals surface area contributed by atoms with Gasteiger partial charge in [0, 0.05) is 25.5 Å². The van der Waals surface area contributed by atoms with E-state index in [2.05, 4.69) is 40.0 Å². The monoisotopic (exact) mass is 315 g/mol. The van der Waals surface area contributed by atoms with Gasteiger partial charge in [0.2, 0.25) is 0 Å². The maximum Gasteiger partial charge on any atom is 0.119 e. The van der Waals surface area contributed by atoms with E-state index in [1.165, 1.54) is 24.8 Å². The average molecular weight is 315 g/mol. The molecule has 0 bridgehead atoms. The van der Waals surface area contributed by atoms with Crippen LogP contribution in [0.3, 0.4) is 0 Å². The third-order valence-corrected chi connectivity index (χ3v) is 3.82. The van der Waals surface area contributed by atoms with E-state index in [0.717, 1.165) is 44.8 Å². The van der Waals surface area contributed by atoms with E-state index in [-0.39, 0.29) is 0 Å². The summed E-state index contributed by atoms with van der Waals surface area (Å²) in [4.78, 5) is 4.05. The van der Waals surface area contributed by atoms with Gasteiger partial charge in [0.05, 0.1) is 12.9 Å². The van der Waals surface area contributed by atoms with Crippen molar-refractivity contribution in [2.75, 3.05) is 13.2 Å². The van der Waals surface area contributed by atoms with Crippen LogP contribution in [-0.4, -0.2) is 22.7 Å². The molecule has 0 atom stereocenters. The van der Waals surface area contributed by atoms with Gasteiger partial charge in [0.1, 0.15) is 5.75 Å². The van der Waals surface area contributed by atoms with Gasteiger partial charge in [-0.1, -0.05) is 38.3 Å². The molecule has 1 aromatic heterocycles. The third kappa shape index (κ3) is 7.33. The zero-order chi connectivity index (χ0) is 16.2. The lowest BCUT2D eigenvalue weighted by Crippen LogP contribution is -2.16. The molecular weight excluding hydrogens is 286 g/mol. The molecule has 0 aliphatic rings. The molecule has 0 unspecified atom stereocenters. The Kier molecular flexibility index (Phi) is 8.27. The lowest BCUT2D eigenvalue weighted by molar-refractivity contribution is 0.304. The maximum atomic E-state index is 5.83. The van der Waals surface area contributed by atoms with Gasteiger partial charge < -0.3 is 14.6 Å². The molecule has 0 saturated carbocycles. The lowest BCUT2D eigenvalue weighted by Gasteiger charge is -2.09. The molecule has 2 aromatic rings. The van der Waals surface area contributed by atoms with E-state index >= 15 is 0 Å². The summed E-state index contributed by atoms with van der Waals surface area (Å²) in [6, 6.07) is 8.40. The zero-order valence-electron chi connectivity index (χ0n) is 14.2. The van der Waals surface area contributed by atoms with Crippen molar-refractivity contribution in [1.82, 2.24) is 14.9 Å². The Labute approximate surface area is 139 Å². The van der Waals surface area contributed by atoms with Crippen LogP contribution >= 0.6 is 0 Å². The van der Waals surface area contributed by atoms with Gasteiger partial charge >= 0.3 is 0 Å². The highest BCUT2D eigenvalue weighted by Gasteiger charge is 1.98. The van der Waals surface area contributed by atoms with Crippen LogP contribution in [0.15, 0.2) is 43.0 Å². The first-order valence-electron chi connectivity index (χ1n) is 8.76. The summed E-state index contributed by atoms with van der Waals surface area (Å²) >= 11 is 0. The topological polar surface area (TPSA) is 39.1 Å². The molecule has 23 heavy (non-hydrogen) atoms. The fourth-order valence-corrected chi connectivity index (χ4v) is 2.50. The predicted molar refractivity (Wildman–Crippen MR) is 94.6 cm³/mol. The summed E-state index contributed by atoms with van der Waals surface area (Å²) in [5.74, 6) is 0.985. The van der Waals surface area contributed by atoms with E-state index < -0.39 is 0 Å². The van der Waals surface area contributed by atoms with E-state index in [1.54, 1.807) is 0 Å². The molecule has 2 rings (SSSR count). The minimum atomic E-state index is 0.821. The normalized spacial score (nSPS) is 10.8. The molecule has 1 aromatic carbocycles. The highest BCUT2D eigenvalue weighted by atomic mass is 16.5. The van der Waals surface area contributed by atoms with Crippen LogP contribution in [0.4, 0.5) is 0 Å². The molecular formula is C19H29N3O. The van der Waals surface area contributed by atoms with E-state index in [9.17, 15) is 0 Å². The Morgan fingerprint density at radius 3 is 2.96 bits per heavy atom. The molecule has 0 aliphatic carbocycles. The summed E-state index contributed by atoms with van der Waals surface area (Å²) in [6.45, 7) is 5.94. The van der Waals surface area contributed by atoms with Crippen LogP contribution < -0.4 is 10.1 Å². The Morgan fingerprint density at radius 2 is 2.13 bits per heavy atom. The molecule has 0 aliphatic heterocycles. The second-order valence-electron chi connectivity index (χ2n) is 5.89. The standard InChI is InChI=1S/C19H29N3O/c1-2-3-4-5-14-23-19-9-6-8-18(15-19)16-20-10-7-12-22-13-11-21-17-22/h6,8-9,11,13,15,17,20H,2-5,7,10,12,14,16H2,1H3. The van der Waals surface area contributed by atoms with Gasteiger partial charge in [-0.05, 0) is 37.1 Å². The number of hydrogen-bond acceptors (Lipinski definition) is 3. The summed E-state index contributed by atoms with van der Waals surface area (Å²) in [5, 5.41) is 3.49. The van der Waals surface area contributed by atoms with Crippen molar-refractivity contribution in [2.24, 2.45) is 0 Å². The van der Waals surface area contributed by atoms with E-state index in [4.69, 9.17) is 4.74 Å². The minimum absolute atomic E-state index is 0.821. The Hall–Kier alpha value is -1.81. The lowest BCUT2D eigenvalue weighted by atomic mass is 10.2. The van der Waals surface area contributed by atoms with Gasteiger partial charge in [-0.2, -0.15) is 0 Å². The predicted octanol–water partition coefficient (Wildman–Crippen LogP) is 4.02. The number of unbranched alkanes of at least 4 members (excludes halogenated alkanes) is 3. The Morgan fingerprint density at radius 1 is 1.17 bits per heavy atom. The van der Waals surface area contributed by atoms with E-state index in [1.807, 2.05) is 24.8 Å². The largest absolute Gasteiger partial charge is 0.494 e. The average Bonchev–Trinajstić information content (AvgIpc) is 3.08. The van der Waals surface area contributed by atoms with Crippen molar-refractivity contribution in [3.05, 3.63) is 48.5 Å². The van der Waals surface area contributed by atoms with Gasteiger partial charge in [-0.3, -0.25) is 0 Å². The van der Waals surface area contributed by atoms with Gasteiger partial charge in [-0.25, -0.2) is 4.98 Å². The van der Waals surface area contributed by atoms with Crippen molar-refractivity contribution in [3.63, 3.8) is 0 Å². The molecule has 0 radical (unpaired) electrons. The van der Waals surface area contributed by atoms with Crippen LogP contribution in [0, 0.1) is 0 Å². The quantitative estimate of drug-likeness (QED) is 0.601. The number of benzene rings is 1. The molecule has 4 nitrogen and oxygen atoms in total. The van der Waals surface area contributed by atoms with Crippen molar-refractivity contribution >= 4 is 0 Å². The number of rotatable bonds is 12. The number of aromatic nitrogens is 2. The molecule has 1 N–H and O–H groups in total. The summed E-state index contributed by atoms with van der Waals surface area (Å²) < 4.78 is 7.94. The van der Waals surface area contributed by atoms with Crippen molar-refractivity contribution in [1.29, 1.82) is 0 Å². The Bertz CT molecular complexity index is 525. The van der Waals surface area contributed by atoms with Crippen LogP contribution in [0.1, 0.15) is 44.6 Å². The summed E-state index contributed by atoms with van der Waals surface area (Å²) in [5.41, 5.74) is 1.28. The van der Waals surface area contributed by atoms with Gasteiger partial charge in [0.15, 0.2) is 0 Å². The van der Waals surface area contributed by atoms with E-state index in [0.29, 0.717) is 0 Å². The zero-order valence-corrected chi connectivity index (χ0v) is 14.2. The molecule has 0 saturated heterocycles. The first-order chi connectivity index (χ1) is 11.4. The van der Waals surface area contributed by atoms with Crippen LogP contribution in [0.25, 0.3) is 0 Å². The molecule has 4 heteroatoms. The molecule has 0 amide bonds. The van der Waals surface area contributed by atoms with Gasteiger partial charge in [0.25, 0.3) is 0 Å². The SMILES string of the molecule is CCCCCCOc1cccc(CNCCCn2ccnc2)c1. The second kappa shape index (κ2) is 10.8. The number of hydrogen-bond donors (Lipinski definition) is 1. The van der Waals surface area contributed by atoms with Crippen molar-refractivity contribution in [2.45, 2.75) is 52.1 Å². The fourth-order valence-electron chi connectivity index (χ4n) is 2.50. The number of nitrogens with one attached hydrogen (secondary N) is 1. The first kappa shape index (κ1) is 17.5. The van der Waals surface area contributed by atoms with Crippen LogP contribution in [0.2, 0.25) is 0 Å². The fraction of sp³-hybridized carbons (Fsp3) is 0.526. The van der Waals surface area contributed by atoms with Crippen molar-refractivity contribution in [3.8, 4) is 5.75 Å². The third-order valence-electron chi connectivity index (χ3n) is 3.82. The minimum Gasteiger partial charge on any atom is -0.494 e. The second-order valence-corrected chi connectivity index (χ2v) is 5.89. The highest BCUT2D eigenvalue weighted by Crippen LogP contribution is 2.14. The van der Waals surface area contributed by atoms with Crippen LogP contribution in [-0.2, 0) is 13.1 Å². The summed E-state index contributed by atoms with van der Waals surface area (Å²) in [7, 11) is 0. The number of imidazole rings is 1. The molecule has 126 valence electrons. The first-order valence-corrected chi connectivity index (χ1v) is 8.76. The highest BCUT2D eigenvalue weighted by molar-refractivity contribution is 5.28. The van der Waals surface area contributed by atoms with Crippen LogP contribution in [0.5, 0.6) is 5.75 Å². The number of nitrogens with zero attached hydrogens (tertiary/aromatic N) is 2.